The molecule has 6 heteroatoms. The zero-order valence-corrected chi connectivity index (χ0v) is 17.2. The molecule has 0 aliphatic carbocycles. The Morgan fingerprint density at radius 1 is 1.11 bits per heavy atom. The number of benzene rings is 2. The first-order valence-electron chi connectivity index (χ1n) is 9.32. The Labute approximate surface area is 170 Å². The van der Waals surface area contributed by atoms with Crippen LogP contribution in [-0.2, 0) is 6.42 Å². The number of amides is 1. The summed E-state index contributed by atoms with van der Waals surface area (Å²) in [5, 5.41) is 7.71. The number of rotatable bonds is 7. The fourth-order valence-corrected chi connectivity index (χ4v) is 3.40. The average Bonchev–Trinajstić information content (AvgIpc) is 3.00. The Morgan fingerprint density at radius 2 is 1.79 bits per heavy atom. The number of hydrogen-bond donors (Lipinski definition) is 1. The average molecular weight is 397 g/mol. The molecule has 2 aromatic carbocycles. The number of carbonyl (C=O) groups is 1. The van der Waals surface area contributed by atoms with Crippen LogP contribution in [0.4, 0.5) is 5.69 Å². The molecular weight excluding hydrogens is 372 g/mol. The zero-order chi connectivity index (χ0) is 20.1. The Balaban J connectivity index is 1.57. The van der Waals surface area contributed by atoms with Crippen LogP contribution in [-0.4, -0.2) is 36.3 Å². The molecule has 5 nitrogen and oxygen atoms in total. The Kier molecular flexibility index (Phi) is 6.37. The lowest BCUT2D eigenvalue weighted by Crippen LogP contribution is -2.25. The first-order valence-corrected chi connectivity index (χ1v) is 9.70. The van der Waals surface area contributed by atoms with E-state index < -0.39 is 0 Å². The highest BCUT2D eigenvalue weighted by molar-refractivity contribution is 6.33. The molecule has 0 radical (unpaired) electrons. The summed E-state index contributed by atoms with van der Waals surface area (Å²) in [4.78, 5) is 14.7. The first kappa shape index (κ1) is 20.0. The van der Waals surface area contributed by atoms with E-state index in [0.29, 0.717) is 23.0 Å². The van der Waals surface area contributed by atoms with Crippen LogP contribution >= 0.6 is 11.6 Å². The van der Waals surface area contributed by atoms with Crippen molar-refractivity contribution in [3.05, 3.63) is 76.6 Å². The molecule has 1 aromatic heterocycles. The SMILES string of the molecule is Cc1nn(-c2ccccc2)c(Cl)c1C(=O)NCCCc1ccc(N(C)C)cc1. The molecule has 0 aliphatic rings. The molecule has 0 saturated heterocycles. The summed E-state index contributed by atoms with van der Waals surface area (Å²) < 4.78 is 1.60. The van der Waals surface area contributed by atoms with Crippen molar-refractivity contribution < 1.29 is 4.79 Å². The Hall–Kier alpha value is -2.79. The number of anilines is 1. The molecule has 1 N–H and O–H groups in total. The highest BCUT2D eigenvalue weighted by atomic mass is 35.5. The van der Waals surface area contributed by atoms with E-state index in [4.69, 9.17) is 11.6 Å². The quantitative estimate of drug-likeness (QED) is 0.607. The van der Waals surface area contributed by atoms with Crippen molar-refractivity contribution in [2.24, 2.45) is 0 Å². The van der Waals surface area contributed by atoms with Crippen LogP contribution in [0, 0.1) is 6.92 Å². The van der Waals surface area contributed by atoms with Crippen LogP contribution in [0.3, 0.4) is 0 Å². The van der Waals surface area contributed by atoms with Crippen molar-refractivity contribution in [2.75, 3.05) is 25.5 Å². The van der Waals surface area contributed by atoms with E-state index in [9.17, 15) is 4.79 Å². The van der Waals surface area contributed by atoms with Gasteiger partial charge in [-0.25, -0.2) is 4.68 Å². The highest BCUT2D eigenvalue weighted by Crippen LogP contribution is 2.23. The molecular formula is C22H25ClN4O. The maximum atomic E-state index is 12.6. The summed E-state index contributed by atoms with van der Waals surface area (Å²) in [6.45, 7) is 2.38. The number of aryl methyl sites for hydroxylation is 2. The lowest BCUT2D eigenvalue weighted by Gasteiger charge is -2.12. The van der Waals surface area contributed by atoms with E-state index in [0.717, 1.165) is 18.5 Å². The molecule has 1 heterocycles. The van der Waals surface area contributed by atoms with Gasteiger partial charge in [0, 0.05) is 26.3 Å². The summed E-state index contributed by atoms with van der Waals surface area (Å²) in [7, 11) is 4.05. The molecule has 0 atom stereocenters. The first-order chi connectivity index (χ1) is 13.5. The van der Waals surface area contributed by atoms with Crippen molar-refractivity contribution in [1.82, 2.24) is 15.1 Å². The van der Waals surface area contributed by atoms with Gasteiger partial charge in [-0.3, -0.25) is 4.79 Å². The van der Waals surface area contributed by atoms with E-state index in [2.05, 4.69) is 39.6 Å². The van der Waals surface area contributed by atoms with Gasteiger partial charge in [-0.2, -0.15) is 5.10 Å². The van der Waals surface area contributed by atoms with Crippen molar-refractivity contribution in [3.8, 4) is 5.69 Å². The lowest BCUT2D eigenvalue weighted by atomic mass is 10.1. The van der Waals surface area contributed by atoms with Crippen molar-refractivity contribution in [2.45, 2.75) is 19.8 Å². The van der Waals surface area contributed by atoms with Gasteiger partial charge in [0.1, 0.15) is 5.15 Å². The van der Waals surface area contributed by atoms with Gasteiger partial charge in [-0.05, 0) is 49.6 Å². The third-order valence-electron chi connectivity index (χ3n) is 4.61. The summed E-state index contributed by atoms with van der Waals surface area (Å²) in [5.74, 6) is -0.187. The van der Waals surface area contributed by atoms with Crippen LogP contribution < -0.4 is 10.2 Å². The molecule has 146 valence electrons. The summed E-state index contributed by atoms with van der Waals surface area (Å²) >= 11 is 6.44. The minimum Gasteiger partial charge on any atom is -0.378 e. The predicted octanol–water partition coefficient (Wildman–Crippen LogP) is 4.26. The van der Waals surface area contributed by atoms with Gasteiger partial charge in [-0.1, -0.05) is 41.9 Å². The van der Waals surface area contributed by atoms with Crippen molar-refractivity contribution in [3.63, 3.8) is 0 Å². The second-order valence-corrected chi connectivity index (χ2v) is 7.28. The normalized spacial score (nSPS) is 10.7. The lowest BCUT2D eigenvalue weighted by molar-refractivity contribution is 0.0953. The molecule has 3 aromatic rings. The molecule has 0 bridgehead atoms. The molecule has 0 saturated carbocycles. The monoisotopic (exact) mass is 396 g/mol. The molecule has 28 heavy (non-hydrogen) atoms. The Bertz CT molecular complexity index is 933. The number of halogens is 1. The molecule has 0 unspecified atom stereocenters. The number of carbonyl (C=O) groups excluding carboxylic acids is 1. The van der Waals surface area contributed by atoms with Crippen LogP contribution in [0.25, 0.3) is 5.69 Å². The smallest absolute Gasteiger partial charge is 0.256 e. The highest BCUT2D eigenvalue weighted by Gasteiger charge is 2.20. The van der Waals surface area contributed by atoms with E-state index in [1.165, 1.54) is 11.3 Å². The van der Waals surface area contributed by atoms with Gasteiger partial charge in [0.05, 0.1) is 16.9 Å². The van der Waals surface area contributed by atoms with E-state index in [1.54, 1.807) is 11.6 Å². The second kappa shape index (κ2) is 8.93. The van der Waals surface area contributed by atoms with Crippen LogP contribution in [0.1, 0.15) is 28.0 Å². The van der Waals surface area contributed by atoms with E-state index in [-0.39, 0.29) is 5.91 Å². The molecule has 3 rings (SSSR count). The third-order valence-corrected chi connectivity index (χ3v) is 4.96. The summed E-state index contributed by atoms with van der Waals surface area (Å²) in [6, 6.07) is 18.0. The number of nitrogens with one attached hydrogen (secondary N) is 1. The van der Waals surface area contributed by atoms with Gasteiger partial charge in [0.15, 0.2) is 0 Å². The third kappa shape index (κ3) is 4.54. The number of nitrogens with zero attached hydrogens (tertiary/aromatic N) is 3. The van der Waals surface area contributed by atoms with Crippen LogP contribution in [0.15, 0.2) is 54.6 Å². The maximum absolute atomic E-state index is 12.6. The summed E-state index contributed by atoms with van der Waals surface area (Å²) in [5.41, 5.74) is 4.31. The fourth-order valence-electron chi connectivity index (χ4n) is 3.04. The van der Waals surface area contributed by atoms with E-state index >= 15 is 0 Å². The molecule has 0 aliphatic heterocycles. The minimum absolute atomic E-state index is 0.187. The summed E-state index contributed by atoms with van der Waals surface area (Å²) in [6.07, 6.45) is 1.76. The van der Waals surface area contributed by atoms with Gasteiger partial charge in [-0.15, -0.1) is 0 Å². The molecule has 0 fully saturated rings. The maximum Gasteiger partial charge on any atom is 0.256 e. The van der Waals surface area contributed by atoms with Crippen LogP contribution in [0.5, 0.6) is 0 Å². The van der Waals surface area contributed by atoms with E-state index in [1.807, 2.05) is 44.4 Å². The van der Waals surface area contributed by atoms with Crippen molar-refractivity contribution >= 4 is 23.2 Å². The number of para-hydroxylation sites is 1. The molecule has 1 amide bonds. The molecule has 0 spiro atoms. The largest absolute Gasteiger partial charge is 0.378 e. The van der Waals surface area contributed by atoms with Crippen LogP contribution in [0.2, 0.25) is 5.15 Å². The predicted molar refractivity (Wildman–Crippen MR) is 115 cm³/mol. The second-order valence-electron chi connectivity index (χ2n) is 6.92. The van der Waals surface area contributed by atoms with Gasteiger partial charge >= 0.3 is 0 Å². The van der Waals surface area contributed by atoms with Gasteiger partial charge < -0.3 is 10.2 Å². The Morgan fingerprint density at radius 3 is 2.43 bits per heavy atom. The van der Waals surface area contributed by atoms with Gasteiger partial charge in [0.25, 0.3) is 5.91 Å². The standard InChI is InChI=1S/C22H25ClN4O/c1-16-20(21(23)27(25-16)19-9-5-4-6-10-19)22(28)24-15-7-8-17-11-13-18(14-12-17)26(2)3/h4-6,9-14H,7-8,15H2,1-3H3,(H,24,28). The number of aromatic nitrogens is 2. The minimum atomic E-state index is -0.187. The fraction of sp³-hybridized carbons (Fsp3) is 0.273. The van der Waals surface area contributed by atoms with Gasteiger partial charge in [0.2, 0.25) is 0 Å². The topological polar surface area (TPSA) is 50.2 Å². The van der Waals surface area contributed by atoms with Crippen molar-refractivity contribution in [1.29, 1.82) is 0 Å². The number of hydrogen-bond acceptors (Lipinski definition) is 3. The zero-order valence-electron chi connectivity index (χ0n) is 16.4.